The van der Waals surface area contributed by atoms with Crippen LogP contribution in [0.5, 0.6) is 0 Å². The molecule has 31 heavy (non-hydrogen) atoms. The molecule has 3 rings (SSSR count). The molecule has 0 radical (unpaired) electrons. The van der Waals surface area contributed by atoms with Crippen molar-refractivity contribution in [2.75, 3.05) is 19.0 Å². The van der Waals surface area contributed by atoms with Crippen molar-refractivity contribution in [3.05, 3.63) is 49.6 Å². The van der Waals surface area contributed by atoms with Crippen LogP contribution in [-0.2, 0) is 9.53 Å². The third-order valence-corrected chi connectivity index (χ3v) is 3.97. The van der Waals surface area contributed by atoms with Crippen LogP contribution in [0.3, 0.4) is 0 Å². The van der Waals surface area contributed by atoms with Crippen LogP contribution in [0.15, 0.2) is 49.6 Å². The molecule has 9 nitrogen and oxygen atoms in total. The normalized spacial score (nSPS) is 17.2. The fourth-order valence-electron chi connectivity index (χ4n) is 2.72. The van der Waals surface area contributed by atoms with Crippen molar-refractivity contribution in [1.29, 1.82) is 0 Å². The van der Waals surface area contributed by atoms with Gasteiger partial charge in [0.2, 0.25) is 0 Å². The Balaban J connectivity index is 0.00000138. The highest BCUT2D eigenvalue weighted by molar-refractivity contribution is 6.08. The van der Waals surface area contributed by atoms with Gasteiger partial charge in [-0.15, -0.1) is 0 Å². The molecule has 172 valence electrons. The van der Waals surface area contributed by atoms with E-state index < -0.39 is 0 Å². The second-order valence-electron chi connectivity index (χ2n) is 5.53. The summed E-state index contributed by atoms with van der Waals surface area (Å²) in [7, 11) is 1.00. The first-order valence-electron chi connectivity index (χ1n) is 10.3. The summed E-state index contributed by atoms with van der Waals surface area (Å²) in [5.41, 5.74) is 1.39. The van der Waals surface area contributed by atoms with Gasteiger partial charge in [-0.05, 0) is 12.8 Å². The molecule has 0 bridgehead atoms. The Morgan fingerprint density at radius 2 is 1.90 bits per heavy atom. The number of amides is 1. The molecule has 3 heterocycles. The van der Waals surface area contributed by atoms with E-state index in [0.717, 1.165) is 20.0 Å². The number of aliphatic hydroxyl groups excluding tert-OH is 2. The molecule has 0 aromatic carbocycles. The Kier molecular flexibility index (Phi) is 14.4. The van der Waals surface area contributed by atoms with E-state index >= 15 is 0 Å². The molecular formula is C22H35N5O4. The molecule has 0 aliphatic carbocycles. The molecule has 1 aliphatic rings. The minimum absolute atomic E-state index is 0.0145. The van der Waals surface area contributed by atoms with Gasteiger partial charge in [-0.25, -0.2) is 15.0 Å². The number of aliphatic hydroxyl groups is 2. The number of nitrogens with one attached hydrogen (secondary N) is 1. The van der Waals surface area contributed by atoms with E-state index in [9.17, 15) is 9.90 Å². The molecule has 2 atom stereocenters. The van der Waals surface area contributed by atoms with Gasteiger partial charge in [0.05, 0.1) is 19.0 Å². The monoisotopic (exact) mass is 433 g/mol. The van der Waals surface area contributed by atoms with Gasteiger partial charge in [-0.3, -0.25) is 9.36 Å². The van der Waals surface area contributed by atoms with Gasteiger partial charge in [-0.2, -0.15) is 0 Å². The van der Waals surface area contributed by atoms with Crippen molar-refractivity contribution < 1.29 is 19.7 Å². The summed E-state index contributed by atoms with van der Waals surface area (Å²) in [5.74, 6) is -0.0517. The van der Waals surface area contributed by atoms with E-state index in [-0.39, 0.29) is 24.8 Å². The van der Waals surface area contributed by atoms with Gasteiger partial charge in [0.15, 0.2) is 17.0 Å². The zero-order valence-electron chi connectivity index (χ0n) is 19.1. The maximum atomic E-state index is 12.3. The van der Waals surface area contributed by atoms with Crippen molar-refractivity contribution in [2.24, 2.45) is 0 Å². The molecule has 1 amide bonds. The zero-order chi connectivity index (χ0) is 23.8. The summed E-state index contributed by atoms with van der Waals surface area (Å²) < 4.78 is 7.55. The third kappa shape index (κ3) is 7.39. The molecule has 0 spiro atoms. The molecule has 1 aliphatic heterocycles. The topological polar surface area (TPSA) is 122 Å². The van der Waals surface area contributed by atoms with Crippen molar-refractivity contribution in [1.82, 2.24) is 19.5 Å². The fourth-order valence-corrected chi connectivity index (χ4v) is 2.72. The number of carbonyl (C=O) groups excluding carboxylic acids is 1. The summed E-state index contributed by atoms with van der Waals surface area (Å²) in [6, 6.07) is 0. The lowest BCUT2D eigenvalue weighted by Crippen LogP contribution is -2.15. The first-order valence-corrected chi connectivity index (χ1v) is 10.3. The molecule has 2 unspecified atom stereocenters. The van der Waals surface area contributed by atoms with Crippen LogP contribution in [0.2, 0.25) is 0 Å². The lowest BCUT2D eigenvalue weighted by atomic mass is 10.2. The lowest BCUT2D eigenvalue weighted by Gasteiger charge is -2.13. The van der Waals surface area contributed by atoms with Gasteiger partial charge >= 0.3 is 0 Å². The lowest BCUT2D eigenvalue weighted by molar-refractivity contribution is -0.112. The van der Waals surface area contributed by atoms with Crippen molar-refractivity contribution >= 4 is 22.9 Å². The smallest absolute Gasteiger partial charge is 0.256 e. The number of aromatic nitrogens is 4. The van der Waals surface area contributed by atoms with Crippen molar-refractivity contribution in [3.8, 4) is 0 Å². The Morgan fingerprint density at radius 3 is 2.45 bits per heavy atom. The Labute approximate surface area is 184 Å². The van der Waals surface area contributed by atoms with Crippen LogP contribution in [-0.4, -0.2) is 55.5 Å². The molecule has 2 aromatic rings. The molecule has 2 aromatic heterocycles. The van der Waals surface area contributed by atoms with Crippen LogP contribution >= 0.6 is 0 Å². The highest BCUT2D eigenvalue weighted by atomic mass is 16.5. The number of nitrogens with zero attached hydrogens (tertiary/aromatic N) is 4. The molecule has 1 saturated heterocycles. The third-order valence-electron chi connectivity index (χ3n) is 3.97. The number of rotatable bonds is 6. The van der Waals surface area contributed by atoms with Crippen molar-refractivity contribution in [3.63, 3.8) is 0 Å². The van der Waals surface area contributed by atoms with Crippen LogP contribution < -0.4 is 5.32 Å². The highest BCUT2D eigenvalue weighted by Crippen LogP contribution is 2.31. The average molecular weight is 434 g/mol. The predicted octanol–water partition coefficient (Wildman–Crippen LogP) is 3.39. The summed E-state index contributed by atoms with van der Waals surface area (Å²) in [5, 5.41) is 18.9. The molecule has 1 fully saturated rings. The standard InChI is InChI=1S/C17H19N5O3.2C2H6.CH4O/c1-3-5-11(4-2)17(24)21-15-14-16(19-9-18-15)22(10-20-14)13-7-6-12(8-23)25-13;3*1-2/h3-5,9-10,12-13,23H,1-2,6-8H2,(H,18,19,21,24);2*1-2H3;2H,1H3/b11-5+;;;. The number of imidazole rings is 1. The fraction of sp³-hybridized carbons (Fsp3) is 0.455. The van der Waals surface area contributed by atoms with Crippen molar-refractivity contribution in [2.45, 2.75) is 52.9 Å². The minimum atomic E-state index is -0.359. The van der Waals surface area contributed by atoms with Gasteiger partial charge in [-0.1, -0.05) is 59.1 Å². The largest absolute Gasteiger partial charge is 0.400 e. The van der Waals surface area contributed by atoms with E-state index in [1.165, 1.54) is 18.5 Å². The number of allylic oxidation sites excluding steroid dienone is 2. The van der Waals surface area contributed by atoms with Crippen LogP contribution in [0.1, 0.15) is 46.8 Å². The summed E-state index contributed by atoms with van der Waals surface area (Å²) >= 11 is 0. The van der Waals surface area contributed by atoms with Gasteiger partial charge in [0.1, 0.15) is 12.6 Å². The summed E-state index contributed by atoms with van der Waals surface area (Å²) in [4.78, 5) is 24.9. The Hall–Kier alpha value is -2.88. The zero-order valence-corrected chi connectivity index (χ0v) is 19.1. The maximum absolute atomic E-state index is 12.3. The number of fused-ring (bicyclic) bond motifs is 1. The molecule has 0 saturated carbocycles. The van der Waals surface area contributed by atoms with Gasteiger partial charge in [0.25, 0.3) is 5.91 Å². The Bertz CT molecular complexity index is 848. The quantitative estimate of drug-likeness (QED) is 0.471. The molecular weight excluding hydrogens is 398 g/mol. The Morgan fingerprint density at radius 1 is 1.23 bits per heavy atom. The first-order chi connectivity index (χ1) is 15.2. The van der Waals surface area contributed by atoms with Crippen LogP contribution in [0.25, 0.3) is 11.2 Å². The van der Waals surface area contributed by atoms with Crippen LogP contribution in [0.4, 0.5) is 5.82 Å². The van der Waals surface area contributed by atoms with E-state index in [1.807, 2.05) is 27.7 Å². The SMILES string of the molecule is C=C/C=C(\C=C)C(=O)Nc1ncnc2c1ncn2C1CCC(CO)O1.CC.CC.CO. The number of hydrogen-bond donors (Lipinski definition) is 3. The van der Waals surface area contributed by atoms with E-state index in [2.05, 4.69) is 33.4 Å². The predicted molar refractivity (Wildman–Crippen MR) is 123 cm³/mol. The molecule has 3 N–H and O–H groups in total. The average Bonchev–Trinajstić information content (AvgIpc) is 3.48. The second-order valence-corrected chi connectivity index (χ2v) is 5.53. The number of ether oxygens (including phenoxy) is 1. The second kappa shape index (κ2) is 15.9. The minimum Gasteiger partial charge on any atom is -0.400 e. The first kappa shape index (κ1) is 28.1. The number of hydrogen-bond acceptors (Lipinski definition) is 7. The van der Waals surface area contributed by atoms with Gasteiger partial charge in [0, 0.05) is 12.7 Å². The maximum Gasteiger partial charge on any atom is 0.256 e. The van der Waals surface area contributed by atoms with E-state index in [0.29, 0.717) is 22.6 Å². The van der Waals surface area contributed by atoms with Gasteiger partial charge < -0.3 is 20.3 Å². The summed E-state index contributed by atoms with van der Waals surface area (Å²) in [6.45, 7) is 15.2. The summed E-state index contributed by atoms with van der Waals surface area (Å²) in [6.07, 6.45) is 8.57. The number of carbonyl (C=O) groups is 1. The highest BCUT2D eigenvalue weighted by Gasteiger charge is 2.28. The van der Waals surface area contributed by atoms with E-state index in [1.54, 1.807) is 17.0 Å². The molecule has 9 heteroatoms. The van der Waals surface area contributed by atoms with Crippen LogP contribution in [0, 0.1) is 0 Å². The van der Waals surface area contributed by atoms with E-state index in [4.69, 9.17) is 9.84 Å². The number of anilines is 1.